The fraction of sp³-hybridized carbons (Fsp3) is 0.111. The lowest BCUT2D eigenvalue weighted by Crippen LogP contribution is -2.11. The molecule has 0 spiro atoms. The maximum atomic E-state index is 11.9. The van der Waals surface area contributed by atoms with Crippen LogP contribution in [0.15, 0.2) is 11.4 Å². The Labute approximate surface area is 105 Å². The summed E-state index contributed by atoms with van der Waals surface area (Å²) in [7, 11) is 0. The summed E-state index contributed by atoms with van der Waals surface area (Å²) in [5.74, 6) is 5.29. The van der Waals surface area contributed by atoms with Gasteiger partial charge in [-0.15, -0.1) is 11.3 Å². The second kappa shape index (κ2) is 5.49. The van der Waals surface area contributed by atoms with E-state index < -0.39 is 0 Å². The standard InChI is InChI=1S/C9H7N5OS2/c10-4-1-2-6-3-5-16-7(6)8(15)11-9-12-13-14-17-9/h3,5H,4,10H2,(H,11,12,14,15). The van der Waals surface area contributed by atoms with E-state index in [1.807, 2.05) is 0 Å². The summed E-state index contributed by atoms with van der Waals surface area (Å²) >= 11 is 2.33. The van der Waals surface area contributed by atoms with Crippen molar-refractivity contribution in [2.24, 2.45) is 5.73 Å². The number of hydrogen-bond acceptors (Lipinski definition) is 7. The van der Waals surface area contributed by atoms with Crippen LogP contribution < -0.4 is 11.1 Å². The highest BCUT2D eigenvalue weighted by Gasteiger charge is 2.13. The van der Waals surface area contributed by atoms with Crippen LogP contribution in [0.4, 0.5) is 5.13 Å². The van der Waals surface area contributed by atoms with E-state index in [2.05, 4.69) is 32.0 Å². The van der Waals surface area contributed by atoms with Gasteiger partial charge in [-0.3, -0.25) is 10.1 Å². The third-order valence-corrected chi connectivity index (χ3v) is 3.14. The maximum absolute atomic E-state index is 11.9. The highest BCUT2D eigenvalue weighted by molar-refractivity contribution is 7.13. The van der Waals surface area contributed by atoms with Crippen molar-refractivity contribution in [1.82, 2.24) is 14.8 Å². The van der Waals surface area contributed by atoms with Crippen molar-refractivity contribution in [2.45, 2.75) is 0 Å². The fourth-order valence-corrected chi connectivity index (χ4v) is 2.17. The number of hydrogen-bond donors (Lipinski definition) is 2. The first-order valence-electron chi connectivity index (χ1n) is 4.54. The molecule has 8 heteroatoms. The van der Waals surface area contributed by atoms with Gasteiger partial charge in [-0.2, -0.15) is 0 Å². The largest absolute Gasteiger partial charge is 0.320 e. The van der Waals surface area contributed by atoms with E-state index in [9.17, 15) is 4.79 Å². The van der Waals surface area contributed by atoms with Crippen LogP contribution in [0.25, 0.3) is 0 Å². The van der Waals surface area contributed by atoms with Crippen LogP contribution in [-0.4, -0.2) is 27.3 Å². The highest BCUT2D eigenvalue weighted by atomic mass is 32.1. The molecule has 0 saturated carbocycles. The number of thiophene rings is 1. The Bertz CT molecular complexity index is 566. The van der Waals surface area contributed by atoms with Crippen molar-refractivity contribution in [1.29, 1.82) is 0 Å². The lowest BCUT2D eigenvalue weighted by Gasteiger charge is -1.97. The number of rotatable bonds is 2. The molecule has 2 rings (SSSR count). The van der Waals surface area contributed by atoms with Crippen LogP contribution >= 0.6 is 22.9 Å². The molecule has 0 aliphatic heterocycles. The first-order valence-corrected chi connectivity index (χ1v) is 6.19. The molecule has 6 nitrogen and oxygen atoms in total. The van der Waals surface area contributed by atoms with Gasteiger partial charge < -0.3 is 5.73 Å². The number of nitrogens with two attached hydrogens (primary N) is 1. The number of carbonyl (C=O) groups excluding carboxylic acids is 1. The number of amides is 1. The smallest absolute Gasteiger partial charge is 0.268 e. The van der Waals surface area contributed by atoms with Crippen LogP contribution in [0.5, 0.6) is 0 Å². The molecule has 0 saturated heterocycles. The molecular formula is C9H7N5OS2. The Kier molecular flexibility index (Phi) is 3.77. The minimum absolute atomic E-state index is 0.261. The Balaban J connectivity index is 2.17. The molecule has 0 fully saturated rings. The fourth-order valence-electron chi connectivity index (χ4n) is 1.07. The normalized spacial score (nSPS) is 9.47. The number of aromatic nitrogens is 3. The van der Waals surface area contributed by atoms with Crippen molar-refractivity contribution < 1.29 is 4.79 Å². The summed E-state index contributed by atoms with van der Waals surface area (Å²) in [6.45, 7) is 0.261. The van der Waals surface area contributed by atoms with Gasteiger partial charge in [0.15, 0.2) is 0 Å². The van der Waals surface area contributed by atoms with Gasteiger partial charge in [0.2, 0.25) is 5.13 Å². The van der Waals surface area contributed by atoms with E-state index in [1.54, 1.807) is 11.4 Å². The van der Waals surface area contributed by atoms with Gasteiger partial charge in [0.1, 0.15) is 4.88 Å². The lowest BCUT2D eigenvalue weighted by atomic mass is 10.2. The summed E-state index contributed by atoms with van der Waals surface area (Å²) in [4.78, 5) is 12.4. The molecule has 2 aromatic heterocycles. The topological polar surface area (TPSA) is 93.8 Å². The molecule has 2 heterocycles. The van der Waals surface area contributed by atoms with E-state index in [0.717, 1.165) is 11.5 Å². The molecule has 0 radical (unpaired) electrons. The van der Waals surface area contributed by atoms with Crippen LogP contribution in [0.3, 0.4) is 0 Å². The van der Waals surface area contributed by atoms with Crippen molar-refractivity contribution in [3.05, 3.63) is 21.9 Å². The molecule has 0 aromatic carbocycles. The molecule has 0 atom stereocenters. The molecule has 17 heavy (non-hydrogen) atoms. The molecule has 0 aliphatic carbocycles. The molecule has 0 bridgehead atoms. The molecule has 1 amide bonds. The van der Waals surface area contributed by atoms with Gasteiger partial charge in [-0.1, -0.05) is 21.4 Å². The highest BCUT2D eigenvalue weighted by Crippen LogP contribution is 2.18. The van der Waals surface area contributed by atoms with Crippen LogP contribution in [-0.2, 0) is 0 Å². The van der Waals surface area contributed by atoms with E-state index in [4.69, 9.17) is 5.73 Å². The summed E-state index contributed by atoms with van der Waals surface area (Å²) in [5, 5.41) is 11.8. The van der Waals surface area contributed by atoms with Crippen molar-refractivity contribution in [2.75, 3.05) is 11.9 Å². The predicted octanol–water partition coefficient (Wildman–Crippen LogP) is 0.557. The Hall–Kier alpha value is -1.82. The number of carbonyl (C=O) groups is 1. The monoisotopic (exact) mass is 265 g/mol. The molecule has 0 aliphatic rings. The SMILES string of the molecule is NCC#Cc1ccsc1C(=O)Nc1nnns1. The number of anilines is 1. The average Bonchev–Trinajstić information content (AvgIpc) is 2.96. The van der Waals surface area contributed by atoms with Gasteiger partial charge in [0.25, 0.3) is 5.91 Å². The molecule has 2 aromatic rings. The molecule has 3 N–H and O–H groups in total. The average molecular weight is 265 g/mol. The Morgan fingerprint density at radius 2 is 2.47 bits per heavy atom. The second-order valence-corrected chi connectivity index (χ2v) is 4.44. The Morgan fingerprint density at radius 3 is 3.18 bits per heavy atom. The van der Waals surface area contributed by atoms with Gasteiger partial charge in [-0.05, 0) is 16.7 Å². The Morgan fingerprint density at radius 1 is 1.59 bits per heavy atom. The van der Waals surface area contributed by atoms with Gasteiger partial charge in [0.05, 0.1) is 6.54 Å². The zero-order valence-corrected chi connectivity index (χ0v) is 10.1. The van der Waals surface area contributed by atoms with Gasteiger partial charge >= 0.3 is 0 Å². The predicted molar refractivity (Wildman–Crippen MR) is 65.9 cm³/mol. The minimum Gasteiger partial charge on any atom is -0.320 e. The summed E-state index contributed by atoms with van der Waals surface area (Å²) in [5.41, 5.74) is 5.95. The molecule has 86 valence electrons. The first kappa shape index (κ1) is 11.7. The third kappa shape index (κ3) is 2.85. The van der Waals surface area contributed by atoms with Crippen LogP contribution in [0, 0.1) is 11.8 Å². The zero-order valence-electron chi connectivity index (χ0n) is 8.51. The van der Waals surface area contributed by atoms with Gasteiger partial charge in [0, 0.05) is 17.1 Å². The van der Waals surface area contributed by atoms with E-state index >= 15 is 0 Å². The maximum Gasteiger partial charge on any atom is 0.268 e. The number of nitrogens with zero attached hydrogens (tertiary/aromatic N) is 3. The first-order chi connectivity index (χ1) is 8.31. The van der Waals surface area contributed by atoms with Gasteiger partial charge in [-0.25, -0.2) is 0 Å². The minimum atomic E-state index is -0.264. The van der Waals surface area contributed by atoms with E-state index in [0.29, 0.717) is 15.6 Å². The van der Waals surface area contributed by atoms with E-state index in [1.165, 1.54) is 11.3 Å². The van der Waals surface area contributed by atoms with Crippen molar-refractivity contribution >= 4 is 33.9 Å². The van der Waals surface area contributed by atoms with Crippen LogP contribution in [0.1, 0.15) is 15.2 Å². The molecule has 0 unspecified atom stereocenters. The summed E-state index contributed by atoms with van der Waals surface area (Å²) < 4.78 is 3.55. The third-order valence-electron chi connectivity index (χ3n) is 1.72. The summed E-state index contributed by atoms with van der Waals surface area (Å²) in [6.07, 6.45) is 0. The zero-order chi connectivity index (χ0) is 12.1. The molecular weight excluding hydrogens is 258 g/mol. The quantitative estimate of drug-likeness (QED) is 0.774. The van der Waals surface area contributed by atoms with Crippen LogP contribution in [0.2, 0.25) is 0 Å². The van der Waals surface area contributed by atoms with Crippen molar-refractivity contribution in [3.8, 4) is 11.8 Å². The number of nitrogens with one attached hydrogen (secondary N) is 1. The lowest BCUT2D eigenvalue weighted by molar-refractivity contribution is 0.103. The van der Waals surface area contributed by atoms with E-state index in [-0.39, 0.29) is 12.5 Å². The summed E-state index contributed by atoms with van der Waals surface area (Å²) in [6, 6.07) is 1.78. The second-order valence-electron chi connectivity index (χ2n) is 2.79. The van der Waals surface area contributed by atoms with Crippen molar-refractivity contribution in [3.63, 3.8) is 0 Å².